The van der Waals surface area contributed by atoms with Crippen LogP contribution in [0.4, 0.5) is 0 Å². The normalized spacial score (nSPS) is 11.2. The van der Waals surface area contributed by atoms with Crippen LogP contribution < -0.4 is 0 Å². The van der Waals surface area contributed by atoms with Crippen LogP contribution in [-0.4, -0.2) is 19.8 Å². The van der Waals surface area contributed by atoms with Gasteiger partial charge in [0.1, 0.15) is 6.33 Å². The monoisotopic (exact) mass is 184 g/mol. The zero-order chi connectivity index (χ0) is 9.54. The Morgan fingerprint density at radius 1 is 1.14 bits per heavy atom. The molecule has 0 fully saturated rings. The minimum atomic E-state index is 0.811. The second-order valence-electron chi connectivity index (χ2n) is 3.23. The zero-order valence-electron chi connectivity index (χ0n) is 7.68. The molecule has 0 aliphatic carbocycles. The predicted molar refractivity (Wildman–Crippen MR) is 53.0 cm³/mol. The first-order valence-corrected chi connectivity index (χ1v) is 4.41. The smallest absolute Gasteiger partial charge is 0.185 e. The maximum Gasteiger partial charge on any atom is 0.185 e. The third kappa shape index (κ3) is 0.849. The largest absolute Gasteiger partial charge is 0.200 e. The first-order chi connectivity index (χ1) is 6.86. The van der Waals surface area contributed by atoms with Gasteiger partial charge in [-0.15, -0.1) is 10.2 Å². The van der Waals surface area contributed by atoms with E-state index in [0.717, 1.165) is 22.1 Å². The predicted octanol–water partition coefficient (Wildman–Crippen LogP) is 1.59. The van der Waals surface area contributed by atoms with Crippen molar-refractivity contribution in [2.24, 2.45) is 0 Å². The van der Waals surface area contributed by atoms with Crippen molar-refractivity contribution in [2.75, 3.05) is 0 Å². The number of hydrogen-bond acceptors (Lipinski definition) is 3. The molecule has 14 heavy (non-hydrogen) atoms. The number of benzene rings is 1. The van der Waals surface area contributed by atoms with Gasteiger partial charge in [0.05, 0.1) is 5.69 Å². The standard InChI is InChI=1S/C10H8N4/c1-7-8-4-2-3-5-9(8)10-12-11-6-14(10)13-7/h2-6H,1H3. The number of rotatable bonds is 0. The number of hydrogen-bond donors (Lipinski definition) is 0. The second kappa shape index (κ2) is 2.51. The molecule has 2 heterocycles. The van der Waals surface area contributed by atoms with E-state index >= 15 is 0 Å². The van der Waals surface area contributed by atoms with Crippen LogP contribution in [0.5, 0.6) is 0 Å². The summed E-state index contributed by atoms with van der Waals surface area (Å²) in [5, 5.41) is 14.5. The molecule has 0 aliphatic rings. The van der Waals surface area contributed by atoms with Crippen molar-refractivity contribution in [1.82, 2.24) is 19.8 Å². The summed E-state index contributed by atoms with van der Waals surface area (Å²) in [5.74, 6) is 0. The molecule has 4 heteroatoms. The van der Waals surface area contributed by atoms with Gasteiger partial charge in [-0.1, -0.05) is 24.3 Å². The third-order valence-corrected chi connectivity index (χ3v) is 2.35. The van der Waals surface area contributed by atoms with Gasteiger partial charge in [0.15, 0.2) is 5.65 Å². The van der Waals surface area contributed by atoms with Gasteiger partial charge in [0.25, 0.3) is 0 Å². The lowest BCUT2D eigenvalue weighted by Gasteiger charge is -2.01. The Hall–Kier alpha value is -1.97. The topological polar surface area (TPSA) is 43.1 Å². The number of aromatic nitrogens is 4. The molecule has 68 valence electrons. The Morgan fingerprint density at radius 2 is 1.93 bits per heavy atom. The summed E-state index contributed by atoms with van der Waals surface area (Å²) in [6, 6.07) is 8.08. The van der Waals surface area contributed by atoms with Gasteiger partial charge in [-0.2, -0.15) is 9.61 Å². The van der Waals surface area contributed by atoms with Crippen LogP contribution in [0.25, 0.3) is 16.4 Å². The van der Waals surface area contributed by atoms with Gasteiger partial charge in [-0.3, -0.25) is 0 Å². The highest BCUT2D eigenvalue weighted by Crippen LogP contribution is 2.19. The number of fused-ring (bicyclic) bond motifs is 3. The molecule has 1 aromatic carbocycles. The average Bonchev–Trinajstić information content (AvgIpc) is 2.66. The molecule has 0 N–H and O–H groups in total. The van der Waals surface area contributed by atoms with Crippen LogP contribution in [-0.2, 0) is 0 Å². The Balaban J connectivity index is 2.67. The first-order valence-electron chi connectivity index (χ1n) is 4.41. The Morgan fingerprint density at radius 3 is 2.79 bits per heavy atom. The van der Waals surface area contributed by atoms with E-state index < -0.39 is 0 Å². The van der Waals surface area contributed by atoms with Crippen molar-refractivity contribution in [3.8, 4) is 0 Å². The summed E-state index contributed by atoms with van der Waals surface area (Å²) in [6.45, 7) is 1.99. The lowest BCUT2D eigenvalue weighted by molar-refractivity contribution is 0.906. The van der Waals surface area contributed by atoms with Crippen LogP contribution in [0, 0.1) is 6.92 Å². The molecule has 3 rings (SSSR count). The summed E-state index contributed by atoms with van der Waals surface area (Å²) in [6.07, 6.45) is 1.62. The molecular formula is C10H8N4. The average molecular weight is 184 g/mol. The van der Waals surface area contributed by atoms with Crippen LogP contribution in [0.3, 0.4) is 0 Å². The molecule has 0 spiro atoms. The first kappa shape index (κ1) is 7.44. The summed E-state index contributed by atoms with van der Waals surface area (Å²) in [7, 11) is 0. The van der Waals surface area contributed by atoms with Crippen LogP contribution in [0.2, 0.25) is 0 Å². The molecule has 0 radical (unpaired) electrons. The molecule has 0 unspecified atom stereocenters. The molecule has 4 nitrogen and oxygen atoms in total. The van der Waals surface area contributed by atoms with Crippen molar-refractivity contribution in [1.29, 1.82) is 0 Å². The van der Waals surface area contributed by atoms with Crippen molar-refractivity contribution < 1.29 is 0 Å². The molecule has 0 amide bonds. The minimum Gasteiger partial charge on any atom is -0.200 e. The fourth-order valence-electron chi connectivity index (χ4n) is 1.69. The summed E-state index contributed by atoms with van der Waals surface area (Å²) in [4.78, 5) is 0. The van der Waals surface area contributed by atoms with Gasteiger partial charge in [0.2, 0.25) is 0 Å². The van der Waals surface area contributed by atoms with E-state index in [1.165, 1.54) is 0 Å². The van der Waals surface area contributed by atoms with Crippen molar-refractivity contribution >= 4 is 16.4 Å². The van der Waals surface area contributed by atoms with Gasteiger partial charge >= 0.3 is 0 Å². The molecule has 0 aliphatic heterocycles. The molecule has 0 bridgehead atoms. The second-order valence-corrected chi connectivity index (χ2v) is 3.23. The van der Waals surface area contributed by atoms with Crippen molar-refractivity contribution in [2.45, 2.75) is 6.92 Å². The lowest BCUT2D eigenvalue weighted by Crippen LogP contribution is -1.95. The van der Waals surface area contributed by atoms with Crippen LogP contribution >= 0.6 is 0 Å². The number of aryl methyl sites for hydroxylation is 1. The molecule has 3 aromatic rings. The van der Waals surface area contributed by atoms with E-state index in [-0.39, 0.29) is 0 Å². The highest BCUT2D eigenvalue weighted by molar-refractivity contribution is 5.94. The van der Waals surface area contributed by atoms with Gasteiger partial charge in [-0.05, 0) is 6.92 Å². The van der Waals surface area contributed by atoms with Crippen LogP contribution in [0.1, 0.15) is 5.69 Å². The minimum absolute atomic E-state index is 0.811. The molecule has 0 saturated heterocycles. The fourth-order valence-corrected chi connectivity index (χ4v) is 1.69. The van der Waals surface area contributed by atoms with Gasteiger partial charge < -0.3 is 0 Å². The summed E-state index contributed by atoms with van der Waals surface area (Å²) >= 11 is 0. The Kier molecular flexibility index (Phi) is 1.33. The van der Waals surface area contributed by atoms with Crippen molar-refractivity contribution in [3.63, 3.8) is 0 Å². The fraction of sp³-hybridized carbons (Fsp3) is 0.100. The Bertz CT molecular complexity index is 612. The number of nitrogens with zero attached hydrogens (tertiary/aromatic N) is 4. The quantitative estimate of drug-likeness (QED) is 0.532. The molecule has 0 atom stereocenters. The van der Waals surface area contributed by atoms with E-state index in [2.05, 4.69) is 15.3 Å². The maximum atomic E-state index is 4.36. The molecule has 0 saturated carbocycles. The lowest BCUT2D eigenvalue weighted by atomic mass is 10.1. The van der Waals surface area contributed by atoms with Gasteiger partial charge in [-0.25, -0.2) is 0 Å². The molecular weight excluding hydrogens is 176 g/mol. The molecule has 2 aromatic heterocycles. The van der Waals surface area contributed by atoms with E-state index in [9.17, 15) is 0 Å². The van der Waals surface area contributed by atoms with E-state index in [0.29, 0.717) is 0 Å². The maximum absolute atomic E-state index is 4.36. The highest BCUT2D eigenvalue weighted by atomic mass is 15.3. The highest BCUT2D eigenvalue weighted by Gasteiger charge is 2.05. The van der Waals surface area contributed by atoms with Crippen LogP contribution in [0.15, 0.2) is 30.6 Å². The summed E-state index contributed by atoms with van der Waals surface area (Å²) in [5.41, 5.74) is 1.80. The van der Waals surface area contributed by atoms with Crippen molar-refractivity contribution in [3.05, 3.63) is 36.3 Å². The zero-order valence-corrected chi connectivity index (χ0v) is 7.68. The Labute approximate surface area is 80.2 Å². The third-order valence-electron chi connectivity index (χ3n) is 2.35. The van der Waals surface area contributed by atoms with E-state index in [4.69, 9.17) is 0 Å². The SMILES string of the molecule is Cc1nn2cnnc2c2ccccc12. The van der Waals surface area contributed by atoms with E-state index in [1.807, 2.05) is 31.2 Å². The van der Waals surface area contributed by atoms with E-state index in [1.54, 1.807) is 10.8 Å². The van der Waals surface area contributed by atoms with Gasteiger partial charge in [0, 0.05) is 10.8 Å². The summed E-state index contributed by atoms with van der Waals surface area (Å²) < 4.78 is 1.71.